The molecule has 0 radical (unpaired) electrons. The summed E-state index contributed by atoms with van der Waals surface area (Å²) in [5.74, 6) is 0.0613. The van der Waals surface area contributed by atoms with Crippen LogP contribution in [-0.2, 0) is 9.59 Å². The van der Waals surface area contributed by atoms with Gasteiger partial charge in [-0.05, 0) is 38.8 Å². The largest absolute Gasteiger partial charge is 0.343 e. The van der Waals surface area contributed by atoms with E-state index < -0.39 is 6.04 Å². The van der Waals surface area contributed by atoms with Crippen molar-refractivity contribution in [2.75, 3.05) is 18.9 Å². The highest BCUT2D eigenvalue weighted by Crippen LogP contribution is 2.17. The average Bonchev–Trinajstić information content (AvgIpc) is 3.08. The molecular formula is C15H24N4O2S. The standard InChI is InChI=1S/C15H24N4O2S/c1-10(2)9-11(13(20)18-15-16-6-8-22-15)17-14(21)12-5-4-7-19(12)3/h6,8,10-12H,4-5,7,9H2,1-3H3,(H,17,21)(H,16,18,20)/t11?,12-/m0/s1. The first-order valence-corrected chi connectivity index (χ1v) is 8.56. The highest BCUT2D eigenvalue weighted by atomic mass is 32.1. The number of likely N-dealkylation sites (tertiary alicyclic amines) is 1. The topological polar surface area (TPSA) is 74.3 Å². The number of aromatic nitrogens is 1. The zero-order valence-corrected chi connectivity index (χ0v) is 14.2. The molecule has 2 N–H and O–H groups in total. The Hall–Kier alpha value is -1.47. The molecule has 1 saturated heterocycles. The van der Waals surface area contributed by atoms with Gasteiger partial charge in [-0.2, -0.15) is 0 Å². The molecule has 22 heavy (non-hydrogen) atoms. The summed E-state index contributed by atoms with van der Waals surface area (Å²) < 4.78 is 0. The van der Waals surface area contributed by atoms with Crippen molar-refractivity contribution >= 4 is 28.3 Å². The van der Waals surface area contributed by atoms with Gasteiger partial charge in [0.25, 0.3) is 0 Å². The maximum atomic E-state index is 12.4. The lowest BCUT2D eigenvalue weighted by atomic mass is 10.0. The Labute approximate surface area is 135 Å². The average molecular weight is 324 g/mol. The van der Waals surface area contributed by atoms with E-state index in [9.17, 15) is 9.59 Å². The van der Waals surface area contributed by atoms with Crippen LogP contribution < -0.4 is 10.6 Å². The Morgan fingerprint density at radius 3 is 2.82 bits per heavy atom. The van der Waals surface area contributed by atoms with Crippen LogP contribution in [-0.4, -0.2) is 47.4 Å². The van der Waals surface area contributed by atoms with Crippen LogP contribution in [0.5, 0.6) is 0 Å². The van der Waals surface area contributed by atoms with Gasteiger partial charge in [0.1, 0.15) is 6.04 Å². The number of amides is 2. The quantitative estimate of drug-likeness (QED) is 0.835. The molecular weight excluding hydrogens is 300 g/mol. The summed E-state index contributed by atoms with van der Waals surface area (Å²) in [6.45, 7) is 5.01. The minimum absolute atomic E-state index is 0.0556. The number of thiazole rings is 1. The van der Waals surface area contributed by atoms with Gasteiger partial charge in [0.15, 0.2) is 5.13 Å². The van der Waals surface area contributed by atoms with Crippen molar-refractivity contribution in [3.63, 3.8) is 0 Å². The minimum Gasteiger partial charge on any atom is -0.343 e. The Morgan fingerprint density at radius 2 is 2.27 bits per heavy atom. The van der Waals surface area contributed by atoms with Crippen LogP contribution in [0.2, 0.25) is 0 Å². The van der Waals surface area contributed by atoms with Crippen molar-refractivity contribution < 1.29 is 9.59 Å². The lowest BCUT2D eigenvalue weighted by molar-refractivity contribution is -0.129. The first-order chi connectivity index (χ1) is 10.5. The number of likely N-dealkylation sites (N-methyl/N-ethyl adjacent to an activating group) is 1. The molecule has 1 unspecified atom stereocenters. The minimum atomic E-state index is -0.523. The van der Waals surface area contributed by atoms with Crippen LogP contribution in [0.3, 0.4) is 0 Å². The van der Waals surface area contributed by atoms with Gasteiger partial charge >= 0.3 is 0 Å². The predicted molar refractivity (Wildman–Crippen MR) is 87.8 cm³/mol. The Bertz CT molecular complexity index is 504. The molecule has 1 aliphatic rings. The summed E-state index contributed by atoms with van der Waals surface area (Å²) in [5.41, 5.74) is 0. The van der Waals surface area contributed by atoms with Crippen molar-refractivity contribution in [1.29, 1.82) is 0 Å². The third kappa shape index (κ3) is 4.51. The van der Waals surface area contributed by atoms with Gasteiger partial charge < -0.3 is 10.6 Å². The van der Waals surface area contributed by atoms with E-state index in [1.54, 1.807) is 11.6 Å². The lowest BCUT2D eigenvalue weighted by Gasteiger charge is -2.24. The van der Waals surface area contributed by atoms with Crippen LogP contribution in [0.1, 0.15) is 33.1 Å². The number of hydrogen-bond acceptors (Lipinski definition) is 5. The highest BCUT2D eigenvalue weighted by Gasteiger charge is 2.31. The van der Waals surface area contributed by atoms with Gasteiger partial charge in [-0.15, -0.1) is 11.3 Å². The molecule has 1 aromatic rings. The molecule has 122 valence electrons. The van der Waals surface area contributed by atoms with Crippen LogP contribution in [0.15, 0.2) is 11.6 Å². The molecule has 2 heterocycles. The first kappa shape index (κ1) is 16.9. The molecule has 2 amide bonds. The van der Waals surface area contributed by atoms with E-state index in [-0.39, 0.29) is 17.9 Å². The monoisotopic (exact) mass is 324 g/mol. The number of nitrogens with one attached hydrogen (secondary N) is 2. The molecule has 1 fully saturated rings. The van der Waals surface area contributed by atoms with Gasteiger partial charge in [0.05, 0.1) is 6.04 Å². The first-order valence-electron chi connectivity index (χ1n) is 7.68. The lowest BCUT2D eigenvalue weighted by Crippen LogP contribution is -2.50. The van der Waals surface area contributed by atoms with E-state index >= 15 is 0 Å². The summed E-state index contributed by atoms with van der Waals surface area (Å²) in [6, 6.07) is -0.646. The molecule has 1 aliphatic heterocycles. The zero-order valence-electron chi connectivity index (χ0n) is 13.3. The fourth-order valence-corrected chi connectivity index (χ4v) is 3.22. The maximum absolute atomic E-state index is 12.4. The Balaban J connectivity index is 1.98. The molecule has 1 aromatic heterocycles. The van der Waals surface area contributed by atoms with Gasteiger partial charge in [-0.25, -0.2) is 4.98 Å². The van der Waals surface area contributed by atoms with Gasteiger partial charge in [-0.1, -0.05) is 13.8 Å². The molecule has 6 nitrogen and oxygen atoms in total. The number of nitrogens with zero attached hydrogens (tertiary/aromatic N) is 2. The smallest absolute Gasteiger partial charge is 0.248 e. The van der Waals surface area contributed by atoms with Gasteiger partial charge in [0.2, 0.25) is 11.8 Å². The normalized spacial score (nSPS) is 20.1. The molecule has 0 saturated carbocycles. The number of carbonyl (C=O) groups is 2. The van der Waals surface area contributed by atoms with Crippen molar-refractivity contribution in [3.05, 3.63) is 11.6 Å². The number of anilines is 1. The van der Waals surface area contributed by atoms with E-state index in [1.165, 1.54) is 11.3 Å². The molecule has 0 aromatic carbocycles. The third-order valence-electron chi connectivity index (χ3n) is 3.83. The number of hydrogen-bond donors (Lipinski definition) is 2. The number of carbonyl (C=O) groups excluding carboxylic acids is 2. The van der Waals surface area contributed by atoms with Crippen LogP contribution in [0.25, 0.3) is 0 Å². The highest BCUT2D eigenvalue weighted by molar-refractivity contribution is 7.13. The third-order valence-corrected chi connectivity index (χ3v) is 4.51. The fourth-order valence-electron chi connectivity index (χ4n) is 2.69. The van der Waals surface area contributed by atoms with Crippen molar-refractivity contribution in [2.24, 2.45) is 5.92 Å². The molecule has 0 spiro atoms. The summed E-state index contributed by atoms with van der Waals surface area (Å²) >= 11 is 1.37. The second-order valence-electron chi connectivity index (χ2n) is 6.16. The van der Waals surface area contributed by atoms with Crippen LogP contribution in [0.4, 0.5) is 5.13 Å². The second-order valence-corrected chi connectivity index (χ2v) is 7.05. The molecule has 2 rings (SSSR count). The summed E-state index contributed by atoms with van der Waals surface area (Å²) in [6.07, 6.45) is 4.13. The Morgan fingerprint density at radius 1 is 1.50 bits per heavy atom. The van der Waals surface area contributed by atoms with Crippen LogP contribution in [0, 0.1) is 5.92 Å². The van der Waals surface area contributed by atoms with Gasteiger partial charge in [0, 0.05) is 11.6 Å². The van der Waals surface area contributed by atoms with Crippen molar-refractivity contribution in [3.8, 4) is 0 Å². The SMILES string of the molecule is CC(C)CC(NC(=O)[C@@H]1CCCN1C)C(=O)Nc1nccs1. The predicted octanol–water partition coefficient (Wildman–Crippen LogP) is 1.71. The van der Waals surface area contributed by atoms with Crippen molar-refractivity contribution in [2.45, 2.75) is 45.2 Å². The van der Waals surface area contributed by atoms with Crippen LogP contribution >= 0.6 is 11.3 Å². The fraction of sp³-hybridized carbons (Fsp3) is 0.667. The summed E-state index contributed by atoms with van der Waals surface area (Å²) in [7, 11) is 1.95. The summed E-state index contributed by atoms with van der Waals surface area (Å²) in [4.78, 5) is 30.9. The molecule has 0 aliphatic carbocycles. The number of rotatable bonds is 6. The van der Waals surface area contributed by atoms with Crippen molar-refractivity contribution in [1.82, 2.24) is 15.2 Å². The summed E-state index contributed by atoms with van der Waals surface area (Å²) in [5, 5.41) is 8.06. The van der Waals surface area contributed by atoms with E-state index in [1.807, 2.05) is 25.8 Å². The second kappa shape index (κ2) is 7.69. The van der Waals surface area contributed by atoms with E-state index in [4.69, 9.17) is 0 Å². The Kier molecular flexibility index (Phi) is 5.90. The molecule has 7 heteroatoms. The molecule has 2 atom stereocenters. The van der Waals surface area contributed by atoms with Gasteiger partial charge in [-0.3, -0.25) is 14.5 Å². The van der Waals surface area contributed by atoms with E-state index in [2.05, 4.69) is 15.6 Å². The maximum Gasteiger partial charge on any atom is 0.248 e. The zero-order chi connectivity index (χ0) is 16.1. The molecule has 0 bridgehead atoms. The van der Waals surface area contributed by atoms with E-state index in [0.717, 1.165) is 19.4 Å². The van der Waals surface area contributed by atoms with E-state index in [0.29, 0.717) is 17.5 Å².